The molecular formula is C20H20O9. The van der Waals surface area contributed by atoms with E-state index in [1.54, 1.807) is 0 Å². The Morgan fingerprint density at radius 1 is 1.24 bits per heavy atom. The fraction of sp³-hybridized carbons (Fsp3) is 0.350. The largest absolute Gasteiger partial charge is 0.508 e. The summed E-state index contributed by atoms with van der Waals surface area (Å²) in [5, 5.41) is 50.0. The third-order valence-electron chi connectivity index (χ3n) is 5.28. The molecule has 1 spiro atoms. The van der Waals surface area contributed by atoms with E-state index in [1.807, 2.05) is 0 Å². The number of phenolic OH excluding ortho intramolecular Hbond substituents is 2. The van der Waals surface area contributed by atoms with Crippen molar-refractivity contribution in [2.75, 3.05) is 13.7 Å². The number of ketones is 1. The Morgan fingerprint density at radius 2 is 1.93 bits per heavy atom. The standard InChI is InChI=1S/C20H20O9/c1-27-13-6-12(23)15(16(24)9-2-4-10(22)5-3-9)18-11(13)7-20(29-18)19(26)17(25)14(8-21)28-20/h2-6,14,17,19,21-23,25-26H,7-8H2,1H3/t14-,17-,19+,20-/m1/s1. The Kier molecular flexibility index (Phi) is 4.62. The number of hydrogen-bond acceptors (Lipinski definition) is 9. The Labute approximate surface area is 165 Å². The van der Waals surface area contributed by atoms with Crippen molar-refractivity contribution in [1.29, 1.82) is 0 Å². The van der Waals surface area contributed by atoms with E-state index in [-0.39, 0.29) is 34.8 Å². The van der Waals surface area contributed by atoms with Crippen molar-refractivity contribution in [3.63, 3.8) is 0 Å². The van der Waals surface area contributed by atoms with Gasteiger partial charge in [-0.25, -0.2) is 0 Å². The lowest BCUT2D eigenvalue weighted by Crippen LogP contribution is -2.47. The summed E-state index contributed by atoms with van der Waals surface area (Å²) in [6, 6.07) is 6.72. The minimum atomic E-state index is -1.74. The summed E-state index contributed by atoms with van der Waals surface area (Å²) in [6.45, 7) is -0.540. The molecule has 154 valence electrons. The van der Waals surface area contributed by atoms with Gasteiger partial charge in [-0.3, -0.25) is 4.79 Å². The fourth-order valence-corrected chi connectivity index (χ4v) is 3.79. The molecule has 1 saturated heterocycles. The van der Waals surface area contributed by atoms with Crippen LogP contribution in [0.5, 0.6) is 23.0 Å². The average molecular weight is 404 g/mol. The molecule has 9 nitrogen and oxygen atoms in total. The maximum Gasteiger partial charge on any atom is 0.244 e. The Balaban J connectivity index is 1.81. The van der Waals surface area contributed by atoms with Gasteiger partial charge in [-0.15, -0.1) is 0 Å². The van der Waals surface area contributed by atoms with Crippen molar-refractivity contribution in [1.82, 2.24) is 0 Å². The summed E-state index contributed by atoms with van der Waals surface area (Å²) in [5.74, 6) is -2.56. The summed E-state index contributed by atoms with van der Waals surface area (Å²) in [5.41, 5.74) is 0.398. The van der Waals surface area contributed by atoms with Crippen LogP contribution in [-0.4, -0.2) is 69.1 Å². The van der Waals surface area contributed by atoms with Gasteiger partial charge in [0.05, 0.1) is 13.7 Å². The second-order valence-electron chi connectivity index (χ2n) is 7.02. The van der Waals surface area contributed by atoms with Crippen molar-refractivity contribution in [2.45, 2.75) is 30.5 Å². The van der Waals surface area contributed by atoms with Crippen LogP contribution in [0, 0.1) is 0 Å². The van der Waals surface area contributed by atoms with Crippen LogP contribution in [0.4, 0.5) is 0 Å². The van der Waals surface area contributed by atoms with Crippen molar-refractivity contribution in [3.05, 3.63) is 47.0 Å². The smallest absolute Gasteiger partial charge is 0.244 e. The Bertz CT molecular complexity index is 955. The highest BCUT2D eigenvalue weighted by Gasteiger charge is 2.60. The average Bonchev–Trinajstić information content (AvgIpc) is 3.20. The highest BCUT2D eigenvalue weighted by atomic mass is 16.7. The number of rotatable bonds is 4. The molecule has 29 heavy (non-hydrogen) atoms. The first-order valence-corrected chi connectivity index (χ1v) is 8.91. The number of carbonyl (C=O) groups is 1. The van der Waals surface area contributed by atoms with E-state index in [2.05, 4.69) is 0 Å². The van der Waals surface area contributed by atoms with Crippen molar-refractivity contribution in [3.8, 4) is 23.0 Å². The number of methoxy groups -OCH3 is 1. The van der Waals surface area contributed by atoms with Gasteiger partial charge in [-0.1, -0.05) is 0 Å². The molecule has 0 bridgehead atoms. The number of aromatic hydroxyl groups is 2. The number of aliphatic hydroxyl groups is 3. The molecule has 0 amide bonds. The van der Waals surface area contributed by atoms with E-state index in [0.29, 0.717) is 5.56 Å². The van der Waals surface area contributed by atoms with Crippen LogP contribution >= 0.6 is 0 Å². The van der Waals surface area contributed by atoms with Crippen molar-refractivity contribution in [2.24, 2.45) is 0 Å². The van der Waals surface area contributed by atoms with E-state index in [1.165, 1.54) is 37.4 Å². The van der Waals surface area contributed by atoms with Crippen LogP contribution < -0.4 is 9.47 Å². The lowest BCUT2D eigenvalue weighted by molar-refractivity contribution is -0.200. The lowest BCUT2D eigenvalue weighted by atomic mass is 9.95. The zero-order valence-corrected chi connectivity index (χ0v) is 15.4. The van der Waals surface area contributed by atoms with Crippen molar-refractivity contribution >= 4 is 5.78 Å². The molecule has 2 aliphatic rings. The van der Waals surface area contributed by atoms with E-state index < -0.39 is 42.2 Å². The first-order valence-electron chi connectivity index (χ1n) is 8.91. The molecule has 4 atom stereocenters. The van der Waals surface area contributed by atoms with Crippen LogP contribution in [0.3, 0.4) is 0 Å². The van der Waals surface area contributed by atoms with Gasteiger partial charge in [-0.05, 0) is 24.3 Å². The van der Waals surface area contributed by atoms with Gasteiger partial charge in [0, 0.05) is 23.6 Å². The topological polar surface area (TPSA) is 146 Å². The highest BCUT2D eigenvalue weighted by Crippen LogP contribution is 2.51. The maximum atomic E-state index is 13.1. The SMILES string of the molecule is COc1cc(O)c(C(=O)c2ccc(O)cc2)c2c1C[C@]1(O2)O[C@H](CO)[C@@H](O)[C@@H]1O. The molecule has 4 rings (SSSR count). The molecule has 2 heterocycles. The Hall–Kier alpha value is -2.85. The number of carbonyl (C=O) groups excluding carboxylic acids is 1. The van der Waals surface area contributed by atoms with E-state index in [9.17, 15) is 30.3 Å². The van der Waals surface area contributed by atoms with Gasteiger partial charge in [0.2, 0.25) is 11.6 Å². The first-order chi connectivity index (χ1) is 13.8. The van der Waals surface area contributed by atoms with E-state index in [4.69, 9.17) is 14.2 Å². The van der Waals surface area contributed by atoms with Crippen LogP contribution in [0.1, 0.15) is 21.5 Å². The molecule has 9 heteroatoms. The minimum absolute atomic E-state index is 0.0209. The summed E-state index contributed by atoms with van der Waals surface area (Å²) < 4.78 is 16.7. The molecule has 0 radical (unpaired) electrons. The van der Waals surface area contributed by atoms with Crippen LogP contribution in [-0.2, 0) is 11.2 Å². The summed E-state index contributed by atoms with van der Waals surface area (Å²) in [6.07, 6.45) is -4.05. The van der Waals surface area contributed by atoms with Gasteiger partial charge < -0.3 is 39.7 Å². The van der Waals surface area contributed by atoms with E-state index in [0.717, 1.165) is 0 Å². The summed E-state index contributed by atoms with van der Waals surface area (Å²) >= 11 is 0. The molecule has 2 aliphatic heterocycles. The van der Waals surface area contributed by atoms with Gasteiger partial charge in [-0.2, -0.15) is 0 Å². The zero-order valence-electron chi connectivity index (χ0n) is 15.4. The molecule has 5 N–H and O–H groups in total. The van der Waals surface area contributed by atoms with Gasteiger partial charge in [0.25, 0.3) is 0 Å². The predicted molar refractivity (Wildman–Crippen MR) is 97.2 cm³/mol. The van der Waals surface area contributed by atoms with Crippen LogP contribution in [0.25, 0.3) is 0 Å². The Morgan fingerprint density at radius 3 is 2.52 bits per heavy atom. The molecule has 1 fully saturated rings. The summed E-state index contributed by atoms with van der Waals surface area (Å²) in [4.78, 5) is 13.1. The third-order valence-corrected chi connectivity index (χ3v) is 5.28. The number of fused-ring (bicyclic) bond motifs is 1. The van der Waals surface area contributed by atoms with Gasteiger partial charge >= 0.3 is 0 Å². The monoisotopic (exact) mass is 404 g/mol. The minimum Gasteiger partial charge on any atom is -0.508 e. The van der Waals surface area contributed by atoms with Crippen molar-refractivity contribution < 1.29 is 44.5 Å². The van der Waals surface area contributed by atoms with E-state index >= 15 is 0 Å². The molecule has 0 saturated carbocycles. The van der Waals surface area contributed by atoms with Crippen LogP contribution in [0.2, 0.25) is 0 Å². The highest BCUT2D eigenvalue weighted by molar-refractivity contribution is 6.13. The molecule has 2 aromatic carbocycles. The third kappa shape index (κ3) is 2.90. The maximum absolute atomic E-state index is 13.1. The number of ether oxygens (including phenoxy) is 3. The molecule has 0 aromatic heterocycles. The van der Waals surface area contributed by atoms with Crippen LogP contribution in [0.15, 0.2) is 30.3 Å². The predicted octanol–water partition coefficient (Wildman–Crippen LogP) is 0.0815. The summed E-state index contributed by atoms with van der Waals surface area (Å²) in [7, 11) is 1.37. The second kappa shape index (κ2) is 6.89. The van der Waals surface area contributed by atoms with Gasteiger partial charge in [0.15, 0.2) is 0 Å². The quantitative estimate of drug-likeness (QED) is 0.447. The zero-order chi connectivity index (χ0) is 20.9. The number of benzene rings is 2. The normalized spacial score (nSPS) is 27.7. The lowest BCUT2D eigenvalue weighted by Gasteiger charge is -2.26. The molecular weight excluding hydrogens is 384 g/mol. The number of phenols is 2. The molecule has 0 aliphatic carbocycles. The van der Waals surface area contributed by atoms with Gasteiger partial charge in [0.1, 0.15) is 46.9 Å². The fourth-order valence-electron chi connectivity index (χ4n) is 3.79. The molecule has 2 aromatic rings. The molecule has 0 unspecified atom stereocenters. The number of hydrogen-bond donors (Lipinski definition) is 5. The first kappa shape index (κ1) is 19.5. The number of aliphatic hydroxyl groups excluding tert-OH is 3. The second-order valence-corrected chi connectivity index (χ2v) is 7.02.